The number of benzene rings is 1. The minimum atomic E-state index is -0.182. The number of halogens is 1. The van der Waals surface area contributed by atoms with E-state index < -0.39 is 0 Å². The zero-order chi connectivity index (χ0) is 21.2. The molecule has 0 bridgehead atoms. The molecule has 3 aliphatic heterocycles. The zero-order valence-corrected chi connectivity index (χ0v) is 18.4. The Morgan fingerprint density at radius 2 is 2.06 bits per heavy atom. The number of nitrogens with zero attached hydrogens (tertiary/aromatic N) is 3. The number of rotatable bonds is 5. The molecule has 1 aromatic carbocycles. The highest BCUT2D eigenvalue weighted by Crippen LogP contribution is 2.53. The summed E-state index contributed by atoms with van der Waals surface area (Å²) < 4.78 is 16.7. The number of nitrogens with one attached hydrogen (secondary N) is 2. The summed E-state index contributed by atoms with van der Waals surface area (Å²) in [6, 6.07) is 13.3. The van der Waals surface area contributed by atoms with Crippen LogP contribution in [0.5, 0.6) is 0 Å². The van der Waals surface area contributed by atoms with Crippen molar-refractivity contribution in [3.63, 3.8) is 0 Å². The van der Waals surface area contributed by atoms with E-state index in [0.717, 1.165) is 72.3 Å². The number of hydrogen-bond donors (Lipinski definition) is 2. The van der Waals surface area contributed by atoms with Crippen LogP contribution in [0.1, 0.15) is 25.3 Å². The summed E-state index contributed by atoms with van der Waals surface area (Å²) in [4.78, 5) is 12.2. The van der Waals surface area contributed by atoms with Gasteiger partial charge < -0.3 is 14.9 Å². The Balaban J connectivity index is 1.43. The van der Waals surface area contributed by atoms with Crippen LogP contribution in [0.3, 0.4) is 0 Å². The monoisotopic (exact) mass is 435 g/mol. The number of piperazine rings is 1. The van der Waals surface area contributed by atoms with E-state index in [0.29, 0.717) is 6.04 Å². The molecule has 0 spiro atoms. The van der Waals surface area contributed by atoms with Gasteiger partial charge in [-0.3, -0.25) is 4.98 Å². The molecule has 7 heteroatoms. The third kappa shape index (κ3) is 4.12. The summed E-state index contributed by atoms with van der Waals surface area (Å²) in [5, 5.41) is 4.75. The van der Waals surface area contributed by atoms with E-state index in [-0.39, 0.29) is 5.82 Å². The van der Waals surface area contributed by atoms with Gasteiger partial charge in [0, 0.05) is 49.4 Å². The highest BCUT2D eigenvalue weighted by Gasteiger charge is 2.32. The topological polar surface area (TPSA) is 52.6 Å². The molecule has 1 aromatic rings. The third-order valence-electron chi connectivity index (χ3n) is 5.95. The molecular formula is C24H26FN5S. The molecular weight excluding hydrogens is 409 g/mol. The van der Waals surface area contributed by atoms with Crippen molar-refractivity contribution in [1.82, 2.24) is 10.3 Å². The van der Waals surface area contributed by atoms with Crippen LogP contribution in [0.4, 0.5) is 21.5 Å². The summed E-state index contributed by atoms with van der Waals surface area (Å²) in [7, 11) is 0. The lowest BCUT2D eigenvalue weighted by atomic mass is 10.0. The molecule has 0 unspecified atom stereocenters. The molecule has 0 amide bonds. The maximum absolute atomic E-state index is 13.2. The van der Waals surface area contributed by atoms with Gasteiger partial charge in [-0.25, -0.2) is 9.38 Å². The van der Waals surface area contributed by atoms with Crippen LogP contribution in [-0.4, -0.2) is 35.7 Å². The maximum atomic E-state index is 13.2. The minimum absolute atomic E-state index is 0.182. The Morgan fingerprint density at radius 1 is 1.19 bits per heavy atom. The van der Waals surface area contributed by atoms with Gasteiger partial charge in [-0.1, -0.05) is 31.2 Å². The highest BCUT2D eigenvalue weighted by atomic mass is 32.2. The van der Waals surface area contributed by atoms with Gasteiger partial charge in [0.2, 0.25) is 0 Å². The Labute approximate surface area is 186 Å². The molecule has 1 saturated heterocycles. The SMILES string of the molecule is CCC1=Nc2c(c3ccccnc-3c2N2CCN[C@@H](CCc3ccc(F)cc3)C2)NS1. The normalized spacial score (nSPS) is 18.5. The van der Waals surface area contributed by atoms with Crippen molar-refractivity contribution in [3.05, 3.63) is 60.0 Å². The Bertz CT molecular complexity index is 1070. The van der Waals surface area contributed by atoms with E-state index in [4.69, 9.17) is 9.98 Å². The number of aryl methyl sites for hydroxylation is 1. The summed E-state index contributed by atoms with van der Waals surface area (Å²) in [6.45, 7) is 4.87. The van der Waals surface area contributed by atoms with Crippen LogP contribution >= 0.6 is 11.9 Å². The molecule has 0 saturated carbocycles. The van der Waals surface area contributed by atoms with Crippen LogP contribution in [-0.2, 0) is 6.42 Å². The molecule has 2 N–H and O–H groups in total. The van der Waals surface area contributed by atoms with Gasteiger partial charge in [-0.05, 0) is 43.0 Å². The van der Waals surface area contributed by atoms with Crippen molar-refractivity contribution in [3.8, 4) is 11.3 Å². The van der Waals surface area contributed by atoms with E-state index in [1.807, 2.05) is 30.5 Å². The predicted octanol–water partition coefficient (Wildman–Crippen LogP) is 5.25. The van der Waals surface area contributed by atoms with Crippen LogP contribution in [0.2, 0.25) is 0 Å². The molecule has 0 radical (unpaired) electrons. The van der Waals surface area contributed by atoms with E-state index >= 15 is 0 Å². The van der Waals surface area contributed by atoms with Crippen LogP contribution < -0.4 is 14.9 Å². The predicted molar refractivity (Wildman–Crippen MR) is 128 cm³/mol. The second-order valence-corrected chi connectivity index (χ2v) is 8.87. The second kappa shape index (κ2) is 8.85. The highest BCUT2D eigenvalue weighted by molar-refractivity contribution is 8.15. The number of aromatic nitrogens is 1. The standard InChI is InChI=1S/C24H26FN5S/c1-2-20-28-23-21(29-31-20)19-5-3-4-12-27-22(19)24(23)30-14-13-26-18(15-30)11-8-16-6-9-17(25)10-7-16/h3-7,9-10,12,18,26,29H,2,8,11,13-15H2,1H3/t18-/m0/s1. The molecule has 3 heterocycles. The quantitative estimate of drug-likeness (QED) is 0.536. The van der Waals surface area contributed by atoms with Gasteiger partial charge in [-0.2, -0.15) is 0 Å². The first kappa shape index (κ1) is 20.3. The smallest absolute Gasteiger partial charge is 0.123 e. The van der Waals surface area contributed by atoms with Crippen molar-refractivity contribution in [2.45, 2.75) is 32.2 Å². The van der Waals surface area contributed by atoms with E-state index in [1.165, 1.54) is 5.56 Å². The van der Waals surface area contributed by atoms with Gasteiger partial charge in [-0.15, -0.1) is 0 Å². The molecule has 160 valence electrons. The van der Waals surface area contributed by atoms with Crippen LogP contribution in [0.15, 0.2) is 53.7 Å². The van der Waals surface area contributed by atoms with Crippen molar-refractivity contribution in [2.75, 3.05) is 29.3 Å². The maximum Gasteiger partial charge on any atom is 0.123 e. The first-order valence-corrected chi connectivity index (χ1v) is 11.7. The lowest BCUT2D eigenvalue weighted by Gasteiger charge is -2.35. The van der Waals surface area contributed by atoms with Crippen LogP contribution in [0.25, 0.3) is 11.3 Å². The number of aliphatic imine (C=N–C) groups is 1. The van der Waals surface area contributed by atoms with Gasteiger partial charge in [0.25, 0.3) is 0 Å². The summed E-state index contributed by atoms with van der Waals surface area (Å²) in [6.07, 6.45) is 4.70. The molecule has 0 aromatic heterocycles. The second-order valence-electron chi connectivity index (χ2n) is 7.99. The zero-order valence-electron chi connectivity index (χ0n) is 17.6. The minimum Gasteiger partial charge on any atom is -0.365 e. The molecule has 5 nitrogen and oxygen atoms in total. The van der Waals surface area contributed by atoms with E-state index in [1.54, 1.807) is 24.1 Å². The fraction of sp³-hybridized carbons (Fsp3) is 0.333. The Hall–Kier alpha value is -2.64. The largest absolute Gasteiger partial charge is 0.365 e. The third-order valence-corrected chi connectivity index (χ3v) is 6.87. The van der Waals surface area contributed by atoms with Crippen molar-refractivity contribution in [2.24, 2.45) is 4.99 Å². The lowest BCUT2D eigenvalue weighted by molar-refractivity contribution is 0.434. The van der Waals surface area contributed by atoms with Gasteiger partial charge in [0.05, 0.1) is 22.1 Å². The Kier molecular flexibility index (Phi) is 5.78. The molecule has 5 rings (SSSR count). The van der Waals surface area contributed by atoms with Gasteiger partial charge in [0.1, 0.15) is 11.5 Å². The molecule has 31 heavy (non-hydrogen) atoms. The van der Waals surface area contributed by atoms with E-state index in [9.17, 15) is 4.39 Å². The summed E-state index contributed by atoms with van der Waals surface area (Å²) >= 11 is 1.60. The number of anilines is 2. The lowest BCUT2D eigenvalue weighted by Crippen LogP contribution is -2.51. The average molecular weight is 436 g/mol. The van der Waals surface area contributed by atoms with Crippen molar-refractivity contribution >= 4 is 34.1 Å². The molecule has 1 aliphatic carbocycles. The summed E-state index contributed by atoms with van der Waals surface area (Å²) in [5.74, 6) is -0.182. The first-order chi connectivity index (χ1) is 15.2. The average Bonchev–Trinajstić information content (AvgIpc) is 2.93. The fourth-order valence-corrected chi connectivity index (χ4v) is 5.06. The van der Waals surface area contributed by atoms with Gasteiger partial charge >= 0.3 is 0 Å². The van der Waals surface area contributed by atoms with Crippen LogP contribution in [0, 0.1) is 5.82 Å². The van der Waals surface area contributed by atoms with Gasteiger partial charge in [0.15, 0.2) is 0 Å². The first-order valence-electron chi connectivity index (χ1n) is 10.9. The molecule has 1 fully saturated rings. The number of fused-ring (bicyclic) bond motifs is 3. The molecule has 4 aliphatic rings. The Morgan fingerprint density at radius 3 is 2.90 bits per heavy atom. The molecule has 1 atom stereocenters. The number of hydrogen-bond acceptors (Lipinski definition) is 6. The summed E-state index contributed by atoms with van der Waals surface area (Å²) in [5.41, 5.74) is 6.50. The van der Waals surface area contributed by atoms with Crippen molar-refractivity contribution in [1.29, 1.82) is 0 Å². The van der Waals surface area contributed by atoms with E-state index in [2.05, 4.69) is 27.9 Å². The fourth-order valence-electron chi connectivity index (χ4n) is 4.35. The van der Waals surface area contributed by atoms with Crippen molar-refractivity contribution < 1.29 is 4.39 Å².